The molecular formula is C13H9BrCl2O. The highest BCUT2D eigenvalue weighted by Crippen LogP contribution is 2.23. The Bertz CT molecular complexity index is 511. The Labute approximate surface area is 118 Å². The number of hydrogen-bond acceptors (Lipinski definition) is 1. The number of benzene rings is 2. The number of halogens is 3. The molecule has 1 nitrogen and oxygen atoms in total. The van der Waals surface area contributed by atoms with E-state index in [9.17, 15) is 0 Å². The fourth-order valence-electron chi connectivity index (χ4n) is 1.33. The quantitative estimate of drug-likeness (QED) is 0.738. The standard InChI is InChI=1S/C13H9BrCl2O/c14-10-2-5-12(6-3-10)17-8-9-1-4-11(15)7-13(9)16/h1-7H,8H2. The zero-order valence-electron chi connectivity index (χ0n) is 8.79. The summed E-state index contributed by atoms with van der Waals surface area (Å²) in [5.41, 5.74) is 0.916. The van der Waals surface area contributed by atoms with Crippen LogP contribution in [0.3, 0.4) is 0 Å². The van der Waals surface area contributed by atoms with Crippen LogP contribution in [0.25, 0.3) is 0 Å². The monoisotopic (exact) mass is 330 g/mol. The van der Waals surface area contributed by atoms with E-state index in [0.717, 1.165) is 15.8 Å². The van der Waals surface area contributed by atoms with Gasteiger partial charge in [-0.3, -0.25) is 0 Å². The number of rotatable bonds is 3. The Hall–Kier alpha value is -0.700. The summed E-state index contributed by atoms with van der Waals surface area (Å²) in [7, 11) is 0. The Morgan fingerprint density at radius 1 is 1.00 bits per heavy atom. The molecule has 0 heterocycles. The average Bonchev–Trinajstić information content (AvgIpc) is 2.30. The van der Waals surface area contributed by atoms with Crippen LogP contribution in [-0.2, 0) is 6.61 Å². The number of hydrogen-bond donors (Lipinski definition) is 0. The highest BCUT2D eigenvalue weighted by molar-refractivity contribution is 9.10. The van der Waals surface area contributed by atoms with Crippen molar-refractivity contribution in [1.29, 1.82) is 0 Å². The van der Waals surface area contributed by atoms with E-state index in [-0.39, 0.29) is 0 Å². The van der Waals surface area contributed by atoms with Crippen molar-refractivity contribution in [3.63, 3.8) is 0 Å². The van der Waals surface area contributed by atoms with Gasteiger partial charge in [0.25, 0.3) is 0 Å². The van der Waals surface area contributed by atoms with Crippen LogP contribution in [-0.4, -0.2) is 0 Å². The molecule has 0 atom stereocenters. The molecule has 0 fully saturated rings. The lowest BCUT2D eigenvalue weighted by Gasteiger charge is -2.08. The van der Waals surface area contributed by atoms with Crippen molar-refractivity contribution in [3.8, 4) is 5.75 Å². The Morgan fingerprint density at radius 3 is 2.35 bits per heavy atom. The maximum Gasteiger partial charge on any atom is 0.119 e. The van der Waals surface area contributed by atoms with Crippen molar-refractivity contribution in [2.45, 2.75) is 6.61 Å². The van der Waals surface area contributed by atoms with Gasteiger partial charge >= 0.3 is 0 Å². The van der Waals surface area contributed by atoms with Crippen LogP contribution in [0.2, 0.25) is 10.0 Å². The third kappa shape index (κ3) is 3.63. The van der Waals surface area contributed by atoms with E-state index in [4.69, 9.17) is 27.9 Å². The first-order valence-electron chi connectivity index (χ1n) is 4.97. The summed E-state index contributed by atoms with van der Waals surface area (Å²) in [6.07, 6.45) is 0. The molecule has 2 aromatic carbocycles. The van der Waals surface area contributed by atoms with Gasteiger partial charge in [0.05, 0.1) is 0 Å². The minimum atomic E-state index is 0.428. The van der Waals surface area contributed by atoms with E-state index < -0.39 is 0 Å². The molecule has 0 aliphatic heterocycles. The summed E-state index contributed by atoms with van der Waals surface area (Å²) >= 11 is 15.2. The molecule has 0 bridgehead atoms. The molecule has 0 aliphatic carbocycles. The van der Waals surface area contributed by atoms with E-state index >= 15 is 0 Å². The molecule has 4 heteroatoms. The maximum atomic E-state index is 6.05. The van der Waals surface area contributed by atoms with Gasteiger partial charge in [-0.25, -0.2) is 0 Å². The van der Waals surface area contributed by atoms with Gasteiger partial charge in [0, 0.05) is 20.1 Å². The molecule has 0 aromatic heterocycles. The Morgan fingerprint density at radius 2 is 1.71 bits per heavy atom. The van der Waals surface area contributed by atoms with Crippen LogP contribution in [0.15, 0.2) is 46.9 Å². The first-order valence-corrected chi connectivity index (χ1v) is 6.52. The second kappa shape index (κ2) is 5.76. The van der Waals surface area contributed by atoms with E-state index in [2.05, 4.69) is 15.9 Å². The van der Waals surface area contributed by atoms with E-state index in [0.29, 0.717) is 16.7 Å². The van der Waals surface area contributed by atoms with Crippen molar-refractivity contribution in [1.82, 2.24) is 0 Å². The second-order valence-electron chi connectivity index (χ2n) is 3.48. The first-order chi connectivity index (χ1) is 8.15. The van der Waals surface area contributed by atoms with Crippen molar-refractivity contribution < 1.29 is 4.74 Å². The van der Waals surface area contributed by atoms with Crippen molar-refractivity contribution >= 4 is 39.1 Å². The van der Waals surface area contributed by atoms with E-state index in [1.165, 1.54) is 0 Å². The van der Waals surface area contributed by atoms with Crippen LogP contribution in [0.5, 0.6) is 5.75 Å². The highest BCUT2D eigenvalue weighted by Gasteiger charge is 2.02. The molecule has 2 rings (SSSR count). The maximum absolute atomic E-state index is 6.05. The molecule has 0 radical (unpaired) electrons. The zero-order valence-corrected chi connectivity index (χ0v) is 11.9. The minimum Gasteiger partial charge on any atom is -0.489 e. The lowest BCUT2D eigenvalue weighted by Crippen LogP contribution is -1.95. The molecule has 2 aromatic rings. The van der Waals surface area contributed by atoms with E-state index in [1.54, 1.807) is 12.1 Å². The van der Waals surface area contributed by atoms with Gasteiger partial charge < -0.3 is 4.74 Å². The lowest BCUT2D eigenvalue weighted by atomic mass is 10.2. The predicted octanol–water partition coefficient (Wildman–Crippen LogP) is 5.33. The van der Waals surface area contributed by atoms with Crippen LogP contribution in [0.4, 0.5) is 0 Å². The Kier molecular flexibility index (Phi) is 4.32. The molecule has 88 valence electrons. The summed E-state index contributed by atoms with van der Waals surface area (Å²) in [4.78, 5) is 0. The van der Waals surface area contributed by atoms with Gasteiger partial charge in [0.15, 0.2) is 0 Å². The fourth-order valence-corrected chi connectivity index (χ4v) is 2.06. The fraction of sp³-hybridized carbons (Fsp3) is 0.0769. The molecule has 0 N–H and O–H groups in total. The van der Waals surface area contributed by atoms with Gasteiger partial charge in [-0.1, -0.05) is 45.2 Å². The highest BCUT2D eigenvalue weighted by atomic mass is 79.9. The molecule has 0 aliphatic rings. The zero-order chi connectivity index (χ0) is 12.3. The third-order valence-corrected chi connectivity index (χ3v) is 3.34. The summed E-state index contributed by atoms with van der Waals surface area (Å²) < 4.78 is 6.64. The smallest absolute Gasteiger partial charge is 0.119 e. The summed E-state index contributed by atoms with van der Waals surface area (Å²) in [6.45, 7) is 0.428. The molecule has 0 unspecified atom stereocenters. The molecule has 0 saturated heterocycles. The molecule has 0 amide bonds. The number of ether oxygens (including phenoxy) is 1. The van der Waals surface area contributed by atoms with Gasteiger partial charge in [-0.05, 0) is 36.4 Å². The molecular weight excluding hydrogens is 323 g/mol. The van der Waals surface area contributed by atoms with Gasteiger partial charge in [-0.15, -0.1) is 0 Å². The third-order valence-electron chi connectivity index (χ3n) is 2.22. The van der Waals surface area contributed by atoms with Gasteiger partial charge in [0.2, 0.25) is 0 Å². The molecule has 17 heavy (non-hydrogen) atoms. The first kappa shape index (κ1) is 12.7. The van der Waals surface area contributed by atoms with Crippen LogP contribution >= 0.6 is 39.1 Å². The van der Waals surface area contributed by atoms with Crippen LogP contribution in [0, 0.1) is 0 Å². The van der Waals surface area contributed by atoms with Crippen LogP contribution in [0.1, 0.15) is 5.56 Å². The van der Waals surface area contributed by atoms with Gasteiger partial charge in [0.1, 0.15) is 12.4 Å². The van der Waals surface area contributed by atoms with E-state index in [1.807, 2.05) is 30.3 Å². The molecule has 0 saturated carbocycles. The summed E-state index contributed by atoms with van der Waals surface area (Å²) in [5.74, 6) is 0.805. The minimum absolute atomic E-state index is 0.428. The Balaban J connectivity index is 2.04. The van der Waals surface area contributed by atoms with Crippen LogP contribution < -0.4 is 4.74 Å². The van der Waals surface area contributed by atoms with Crippen molar-refractivity contribution in [2.75, 3.05) is 0 Å². The average molecular weight is 332 g/mol. The predicted molar refractivity (Wildman–Crippen MR) is 74.9 cm³/mol. The SMILES string of the molecule is Clc1ccc(COc2ccc(Br)cc2)c(Cl)c1. The largest absolute Gasteiger partial charge is 0.489 e. The summed E-state index contributed by atoms with van der Waals surface area (Å²) in [5, 5.41) is 1.25. The van der Waals surface area contributed by atoms with Gasteiger partial charge in [-0.2, -0.15) is 0 Å². The lowest BCUT2D eigenvalue weighted by molar-refractivity contribution is 0.306. The normalized spacial score (nSPS) is 10.3. The topological polar surface area (TPSA) is 9.23 Å². The summed E-state index contributed by atoms with van der Waals surface area (Å²) in [6, 6.07) is 13.0. The molecule has 0 spiro atoms. The van der Waals surface area contributed by atoms with Crippen molar-refractivity contribution in [2.24, 2.45) is 0 Å². The second-order valence-corrected chi connectivity index (χ2v) is 5.24. The van der Waals surface area contributed by atoms with Crippen molar-refractivity contribution in [3.05, 3.63) is 62.5 Å².